The highest BCUT2D eigenvalue weighted by molar-refractivity contribution is 5.79. The van der Waals surface area contributed by atoms with Crippen molar-refractivity contribution in [1.29, 1.82) is 0 Å². The number of alkyl carbamates (subject to hydrolysis) is 1. The zero-order valence-electron chi connectivity index (χ0n) is 23.7. The van der Waals surface area contributed by atoms with Gasteiger partial charge in [0.25, 0.3) is 0 Å². The van der Waals surface area contributed by atoms with Crippen LogP contribution in [0.5, 0.6) is 5.75 Å². The third kappa shape index (κ3) is 5.05. The van der Waals surface area contributed by atoms with Crippen LogP contribution in [-0.2, 0) is 24.2 Å². The van der Waals surface area contributed by atoms with E-state index in [2.05, 4.69) is 115 Å². The molecule has 2 aliphatic rings. The Kier molecular flexibility index (Phi) is 6.97. The van der Waals surface area contributed by atoms with Crippen molar-refractivity contribution in [2.75, 3.05) is 6.61 Å². The number of rotatable bonds is 6. The zero-order chi connectivity index (χ0) is 28.5. The summed E-state index contributed by atoms with van der Waals surface area (Å²) >= 11 is 0. The SMILES string of the molecule is Cc1ccc(COc2ccc3c(c2)CCc2ccccc2C3NC(=O)OCC2c3ccccc3-c3ccccc32)cc1. The van der Waals surface area contributed by atoms with Gasteiger partial charge in [-0.3, -0.25) is 0 Å². The summed E-state index contributed by atoms with van der Waals surface area (Å²) in [6, 6.07) is 39.5. The Bertz CT molecular complexity index is 1710. The lowest BCUT2D eigenvalue weighted by Gasteiger charge is -2.23. The van der Waals surface area contributed by atoms with E-state index < -0.39 is 6.09 Å². The molecule has 5 aromatic carbocycles. The molecular weight excluding hydrogens is 518 g/mol. The minimum absolute atomic E-state index is 0.0186. The van der Waals surface area contributed by atoms with E-state index in [9.17, 15) is 4.79 Å². The number of benzene rings is 5. The average Bonchev–Trinajstić information content (AvgIpc) is 3.26. The summed E-state index contributed by atoms with van der Waals surface area (Å²) in [5.41, 5.74) is 11.8. The van der Waals surface area contributed by atoms with Gasteiger partial charge in [-0.1, -0.05) is 109 Å². The van der Waals surface area contributed by atoms with Crippen LogP contribution in [0.3, 0.4) is 0 Å². The first-order valence-corrected chi connectivity index (χ1v) is 14.6. The van der Waals surface area contributed by atoms with Gasteiger partial charge in [0.05, 0.1) is 6.04 Å². The molecule has 0 heterocycles. The fraction of sp³-hybridized carbons (Fsp3) is 0.184. The Morgan fingerprint density at radius 3 is 2.07 bits per heavy atom. The van der Waals surface area contributed by atoms with Crippen LogP contribution in [-0.4, -0.2) is 12.7 Å². The molecule has 0 aliphatic heterocycles. The second-order valence-electron chi connectivity index (χ2n) is 11.2. The van der Waals surface area contributed by atoms with Gasteiger partial charge in [-0.2, -0.15) is 0 Å². The highest BCUT2D eigenvalue weighted by atomic mass is 16.5. The van der Waals surface area contributed by atoms with E-state index in [1.165, 1.54) is 38.9 Å². The molecule has 1 unspecified atom stereocenters. The van der Waals surface area contributed by atoms with E-state index >= 15 is 0 Å². The van der Waals surface area contributed by atoms with Crippen molar-refractivity contribution in [2.45, 2.75) is 38.3 Å². The van der Waals surface area contributed by atoms with Gasteiger partial charge in [0, 0.05) is 5.92 Å². The summed E-state index contributed by atoms with van der Waals surface area (Å²) in [5.74, 6) is 0.852. The molecule has 1 atom stereocenters. The molecule has 1 N–H and O–H groups in total. The van der Waals surface area contributed by atoms with E-state index in [1.807, 2.05) is 12.1 Å². The number of aryl methyl sites for hydroxylation is 3. The van der Waals surface area contributed by atoms with E-state index in [1.54, 1.807) is 0 Å². The fourth-order valence-corrected chi connectivity index (χ4v) is 6.41. The van der Waals surface area contributed by atoms with Crippen LogP contribution >= 0.6 is 0 Å². The highest BCUT2D eigenvalue weighted by Crippen LogP contribution is 2.44. The molecule has 0 spiro atoms. The maximum atomic E-state index is 13.4. The Balaban J connectivity index is 1.11. The minimum atomic E-state index is -0.413. The highest BCUT2D eigenvalue weighted by Gasteiger charge is 2.30. The first kappa shape index (κ1) is 26.1. The molecule has 0 saturated carbocycles. The van der Waals surface area contributed by atoms with Gasteiger partial charge in [-0.15, -0.1) is 0 Å². The summed E-state index contributed by atoms with van der Waals surface area (Å²) < 4.78 is 12.1. The van der Waals surface area contributed by atoms with Gasteiger partial charge in [0.1, 0.15) is 19.0 Å². The molecule has 0 fully saturated rings. The van der Waals surface area contributed by atoms with Crippen LogP contribution in [0.15, 0.2) is 115 Å². The molecule has 208 valence electrons. The predicted octanol–water partition coefficient (Wildman–Crippen LogP) is 8.30. The van der Waals surface area contributed by atoms with Crippen molar-refractivity contribution in [2.24, 2.45) is 0 Å². The summed E-state index contributed by atoms with van der Waals surface area (Å²) in [5, 5.41) is 3.22. The van der Waals surface area contributed by atoms with Gasteiger partial charge in [-0.05, 0) is 82.0 Å². The predicted molar refractivity (Wildman–Crippen MR) is 166 cm³/mol. The van der Waals surface area contributed by atoms with Gasteiger partial charge in [0.2, 0.25) is 0 Å². The lowest BCUT2D eigenvalue weighted by molar-refractivity contribution is 0.140. The number of hydrogen-bond acceptors (Lipinski definition) is 3. The van der Waals surface area contributed by atoms with Crippen molar-refractivity contribution in [1.82, 2.24) is 5.32 Å². The number of fused-ring (bicyclic) bond motifs is 5. The fourth-order valence-electron chi connectivity index (χ4n) is 6.41. The molecule has 2 aliphatic carbocycles. The Morgan fingerprint density at radius 1 is 0.714 bits per heavy atom. The van der Waals surface area contributed by atoms with Gasteiger partial charge in [0.15, 0.2) is 0 Å². The third-order valence-electron chi connectivity index (χ3n) is 8.59. The normalized spacial score (nSPS) is 15.0. The summed E-state index contributed by atoms with van der Waals surface area (Å²) in [4.78, 5) is 13.4. The zero-order valence-corrected chi connectivity index (χ0v) is 23.7. The van der Waals surface area contributed by atoms with Crippen molar-refractivity contribution < 1.29 is 14.3 Å². The van der Waals surface area contributed by atoms with Crippen molar-refractivity contribution in [3.8, 4) is 16.9 Å². The second-order valence-corrected chi connectivity index (χ2v) is 11.2. The molecule has 0 radical (unpaired) electrons. The number of nitrogens with one attached hydrogen (secondary N) is 1. The molecule has 5 aromatic rings. The van der Waals surface area contributed by atoms with Crippen molar-refractivity contribution in [3.63, 3.8) is 0 Å². The molecule has 4 heteroatoms. The summed E-state index contributed by atoms with van der Waals surface area (Å²) in [6.07, 6.45) is 1.36. The largest absolute Gasteiger partial charge is 0.489 e. The molecule has 4 nitrogen and oxygen atoms in total. The maximum Gasteiger partial charge on any atom is 0.407 e. The Hall–Kier alpha value is -4.83. The molecule has 0 bridgehead atoms. The van der Waals surface area contributed by atoms with Crippen LogP contribution in [0.25, 0.3) is 11.1 Å². The number of ether oxygens (including phenoxy) is 2. The van der Waals surface area contributed by atoms with Crippen LogP contribution < -0.4 is 10.1 Å². The van der Waals surface area contributed by atoms with Crippen LogP contribution in [0.2, 0.25) is 0 Å². The number of carbonyl (C=O) groups excluding carboxylic acids is 1. The van der Waals surface area contributed by atoms with Crippen LogP contribution in [0.4, 0.5) is 4.79 Å². The first-order chi connectivity index (χ1) is 20.6. The number of carbonyl (C=O) groups is 1. The smallest absolute Gasteiger partial charge is 0.407 e. The summed E-state index contributed by atoms with van der Waals surface area (Å²) in [6.45, 7) is 2.88. The topological polar surface area (TPSA) is 47.6 Å². The lowest BCUT2D eigenvalue weighted by Crippen LogP contribution is -2.31. The van der Waals surface area contributed by atoms with Crippen molar-refractivity contribution in [3.05, 3.63) is 160 Å². The van der Waals surface area contributed by atoms with Crippen LogP contribution in [0.1, 0.15) is 56.5 Å². The average molecular weight is 552 g/mol. The Labute approximate surface area is 247 Å². The molecular formula is C38H33NO3. The summed E-state index contributed by atoms with van der Waals surface area (Å²) in [7, 11) is 0. The molecule has 0 saturated heterocycles. The van der Waals surface area contributed by atoms with E-state index in [-0.39, 0.29) is 18.6 Å². The first-order valence-electron chi connectivity index (χ1n) is 14.6. The Morgan fingerprint density at radius 2 is 1.33 bits per heavy atom. The van der Waals surface area contributed by atoms with E-state index in [0.717, 1.165) is 35.3 Å². The van der Waals surface area contributed by atoms with Gasteiger partial charge >= 0.3 is 6.09 Å². The maximum absolute atomic E-state index is 13.4. The van der Waals surface area contributed by atoms with Gasteiger partial charge in [-0.25, -0.2) is 4.79 Å². The lowest BCUT2D eigenvalue weighted by atomic mass is 9.94. The number of hydrogen-bond donors (Lipinski definition) is 1. The van der Waals surface area contributed by atoms with Crippen LogP contribution in [0, 0.1) is 6.92 Å². The second kappa shape index (κ2) is 11.2. The van der Waals surface area contributed by atoms with E-state index in [0.29, 0.717) is 6.61 Å². The minimum Gasteiger partial charge on any atom is -0.489 e. The standard InChI is InChI=1S/C38H33NO3/c1-25-14-16-26(17-15-25)23-41-29-20-21-31-28(22-29)19-18-27-8-2-3-9-30(27)37(31)39-38(40)42-24-36-34-12-6-4-10-32(34)33-11-5-7-13-35(33)36/h2-17,20-22,36-37H,18-19,23-24H2,1H3,(H,39,40). The third-order valence-corrected chi connectivity index (χ3v) is 8.59. The number of amides is 1. The van der Waals surface area contributed by atoms with Crippen molar-refractivity contribution >= 4 is 6.09 Å². The molecule has 0 aromatic heterocycles. The molecule has 42 heavy (non-hydrogen) atoms. The monoisotopic (exact) mass is 551 g/mol. The van der Waals surface area contributed by atoms with E-state index in [4.69, 9.17) is 9.47 Å². The molecule has 7 rings (SSSR count). The van der Waals surface area contributed by atoms with Gasteiger partial charge < -0.3 is 14.8 Å². The quantitative estimate of drug-likeness (QED) is 0.231. The molecule has 1 amide bonds.